The summed E-state index contributed by atoms with van der Waals surface area (Å²) in [5.74, 6) is -2.33. The molecule has 20 heavy (non-hydrogen) atoms. The fraction of sp³-hybridized carbons (Fsp3) is 0.231. The second-order valence-corrected chi connectivity index (χ2v) is 6.88. The number of aromatic carboxylic acids is 1. The third-order valence-corrected chi connectivity index (χ3v) is 4.94. The van der Waals surface area contributed by atoms with Crippen LogP contribution in [0.2, 0.25) is 0 Å². The average molecular weight is 295 g/mol. The smallest absolute Gasteiger partial charge is 0.336 e. The lowest BCUT2D eigenvalue weighted by Crippen LogP contribution is -2.23. The number of benzene rings is 1. The maximum atomic E-state index is 13.8. The number of sulfone groups is 1. The third kappa shape index (κ3) is 1.94. The molecule has 0 atom stereocenters. The van der Waals surface area contributed by atoms with Gasteiger partial charge in [-0.25, -0.2) is 22.6 Å². The highest BCUT2D eigenvalue weighted by molar-refractivity contribution is 7.90. The number of hydrogen-bond donors (Lipinski definition) is 1. The van der Waals surface area contributed by atoms with Gasteiger partial charge in [0.25, 0.3) is 0 Å². The SMILES string of the molecule is O=C(O)c1c2c(nc3c(F)cccc13)CCS(=O)(=O)C2. The number of hydrogen-bond acceptors (Lipinski definition) is 4. The minimum absolute atomic E-state index is 0.0250. The highest BCUT2D eigenvalue weighted by Crippen LogP contribution is 2.30. The number of nitrogens with zero attached hydrogens (tertiary/aromatic N) is 1. The fourth-order valence-corrected chi connectivity index (χ4v) is 3.89. The fourth-order valence-electron chi connectivity index (χ4n) is 2.49. The van der Waals surface area contributed by atoms with Crippen molar-refractivity contribution in [1.82, 2.24) is 4.98 Å². The van der Waals surface area contributed by atoms with Crippen LogP contribution in [0.3, 0.4) is 0 Å². The second kappa shape index (κ2) is 4.24. The molecule has 1 N–H and O–H groups in total. The van der Waals surface area contributed by atoms with E-state index in [0.717, 1.165) is 0 Å². The van der Waals surface area contributed by atoms with Crippen molar-refractivity contribution in [1.29, 1.82) is 0 Å². The quantitative estimate of drug-likeness (QED) is 0.862. The molecule has 0 fully saturated rings. The van der Waals surface area contributed by atoms with E-state index in [1.165, 1.54) is 18.2 Å². The molecule has 2 heterocycles. The van der Waals surface area contributed by atoms with Gasteiger partial charge in [-0.3, -0.25) is 0 Å². The number of fused-ring (bicyclic) bond motifs is 2. The van der Waals surface area contributed by atoms with Gasteiger partial charge < -0.3 is 5.11 Å². The van der Waals surface area contributed by atoms with Gasteiger partial charge in [0.05, 0.1) is 17.1 Å². The molecule has 0 aliphatic carbocycles. The van der Waals surface area contributed by atoms with Gasteiger partial charge in [0, 0.05) is 23.1 Å². The van der Waals surface area contributed by atoms with Crippen LogP contribution in [0, 0.1) is 5.82 Å². The van der Waals surface area contributed by atoms with Crippen molar-refractivity contribution < 1.29 is 22.7 Å². The first-order valence-corrected chi connectivity index (χ1v) is 7.75. The Labute approximate surface area is 114 Å². The highest BCUT2D eigenvalue weighted by atomic mass is 32.2. The van der Waals surface area contributed by atoms with Crippen LogP contribution in [0.5, 0.6) is 0 Å². The van der Waals surface area contributed by atoms with Crippen molar-refractivity contribution in [2.75, 3.05) is 5.75 Å². The maximum Gasteiger partial charge on any atom is 0.336 e. The average Bonchev–Trinajstić information content (AvgIpc) is 2.35. The van der Waals surface area contributed by atoms with E-state index in [1.807, 2.05) is 0 Å². The first-order valence-electron chi connectivity index (χ1n) is 5.93. The van der Waals surface area contributed by atoms with Crippen LogP contribution in [0.1, 0.15) is 21.6 Å². The molecule has 0 bridgehead atoms. The summed E-state index contributed by atoms with van der Waals surface area (Å²) >= 11 is 0. The van der Waals surface area contributed by atoms with Gasteiger partial charge in [0.1, 0.15) is 11.3 Å². The Balaban J connectivity index is 2.44. The highest BCUT2D eigenvalue weighted by Gasteiger charge is 2.29. The van der Waals surface area contributed by atoms with E-state index in [4.69, 9.17) is 0 Å². The standard InChI is InChI=1S/C13H10FNO4S/c14-9-3-1-2-7-11(13(16)17)8-6-20(18,19)5-4-10(8)15-12(7)9/h1-3H,4-6H2,(H,16,17). The van der Waals surface area contributed by atoms with Crippen LogP contribution in [0.25, 0.3) is 10.9 Å². The van der Waals surface area contributed by atoms with Crippen molar-refractivity contribution in [3.8, 4) is 0 Å². The molecule has 1 aliphatic rings. The second-order valence-electron chi connectivity index (χ2n) is 4.70. The number of carbonyl (C=O) groups is 1. The van der Waals surface area contributed by atoms with E-state index in [9.17, 15) is 22.7 Å². The number of carboxylic acid groups (broad SMARTS) is 1. The van der Waals surface area contributed by atoms with Crippen LogP contribution in [0.15, 0.2) is 18.2 Å². The number of aromatic nitrogens is 1. The summed E-state index contributed by atoms with van der Waals surface area (Å²) in [6, 6.07) is 4.03. The zero-order valence-corrected chi connectivity index (χ0v) is 11.1. The predicted octanol–water partition coefficient (Wildman–Crippen LogP) is 1.54. The molecule has 0 amide bonds. The van der Waals surface area contributed by atoms with Crippen molar-refractivity contribution in [3.05, 3.63) is 40.8 Å². The van der Waals surface area contributed by atoms with E-state index >= 15 is 0 Å². The van der Waals surface area contributed by atoms with Crippen molar-refractivity contribution >= 4 is 26.7 Å². The Morgan fingerprint density at radius 2 is 2.10 bits per heavy atom. The van der Waals surface area contributed by atoms with Gasteiger partial charge in [-0.2, -0.15) is 0 Å². The number of pyridine rings is 1. The van der Waals surface area contributed by atoms with Gasteiger partial charge in [0.15, 0.2) is 9.84 Å². The van der Waals surface area contributed by atoms with E-state index in [1.54, 1.807) is 0 Å². The lowest BCUT2D eigenvalue weighted by atomic mass is 10.00. The van der Waals surface area contributed by atoms with E-state index in [0.29, 0.717) is 5.69 Å². The van der Waals surface area contributed by atoms with Crippen LogP contribution in [-0.4, -0.2) is 30.2 Å². The van der Waals surface area contributed by atoms with E-state index in [-0.39, 0.29) is 40.0 Å². The van der Waals surface area contributed by atoms with Crippen LogP contribution in [-0.2, 0) is 22.0 Å². The molecule has 1 aromatic carbocycles. The van der Waals surface area contributed by atoms with Gasteiger partial charge in [-0.05, 0) is 6.07 Å². The third-order valence-electron chi connectivity index (χ3n) is 3.38. The molecule has 0 radical (unpaired) electrons. The summed E-state index contributed by atoms with van der Waals surface area (Å²) in [7, 11) is -3.33. The molecule has 0 saturated heterocycles. The molecule has 0 saturated carbocycles. The van der Waals surface area contributed by atoms with Gasteiger partial charge >= 0.3 is 5.97 Å². The van der Waals surface area contributed by atoms with Gasteiger partial charge in [-0.15, -0.1) is 0 Å². The summed E-state index contributed by atoms with van der Waals surface area (Å²) < 4.78 is 37.2. The Bertz CT molecular complexity index is 845. The number of halogens is 1. The normalized spacial score (nSPS) is 16.9. The van der Waals surface area contributed by atoms with E-state index in [2.05, 4.69) is 4.98 Å². The molecule has 2 aromatic rings. The lowest BCUT2D eigenvalue weighted by molar-refractivity contribution is 0.0698. The van der Waals surface area contributed by atoms with Crippen molar-refractivity contribution in [3.63, 3.8) is 0 Å². The van der Waals surface area contributed by atoms with Crippen LogP contribution in [0.4, 0.5) is 4.39 Å². The molecular weight excluding hydrogens is 285 g/mol. The molecule has 5 nitrogen and oxygen atoms in total. The zero-order chi connectivity index (χ0) is 14.5. The molecule has 0 unspecified atom stereocenters. The first kappa shape index (κ1) is 13.0. The Kier molecular flexibility index (Phi) is 2.75. The number of para-hydroxylation sites is 1. The molecule has 1 aromatic heterocycles. The van der Waals surface area contributed by atoms with Crippen LogP contribution >= 0.6 is 0 Å². The topological polar surface area (TPSA) is 84.3 Å². The summed E-state index contributed by atoms with van der Waals surface area (Å²) in [5.41, 5.74) is 0.354. The number of rotatable bonds is 1. The minimum Gasteiger partial charge on any atom is -0.478 e. The van der Waals surface area contributed by atoms with Gasteiger partial charge in [-0.1, -0.05) is 12.1 Å². The molecule has 104 valence electrons. The largest absolute Gasteiger partial charge is 0.478 e. The Hall–Kier alpha value is -2.02. The molecule has 3 rings (SSSR count). The van der Waals surface area contributed by atoms with Crippen LogP contribution < -0.4 is 0 Å². The lowest BCUT2D eigenvalue weighted by Gasteiger charge is -2.19. The van der Waals surface area contributed by atoms with Crippen molar-refractivity contribution in [2.45, 2.75) is 12.2 Å². The van der Waals surface area contributed by atoms with Gasteiger partial charge in [0.2, 0.25) is 0 Å². The predicted molar refractivity (Wildman–Crippen MR) is 69.9 cm³/mol. The minimum atomic E-state index is -3.33. The van der Waals surface area contributed by atoms with E-state index < -0.39 is 21.6 Å². The summed E-state index contributed by atoms with van der Waals surface area (Å²) in [5, 5.41) is 9.49. The molecule has 7 heteroatoms. The zero-order valence-electron chi connectivity index (χ0n) is 10.3. The summed E-state index contributed by atoms with van der Waals surface area (Å²) in [6.45, 7) is 0. The maximum absolute atomic E-state index is 13.8. The summed E-state index contributed by atoms with van der Waals surface area (Å²) in [4.78, 5) is 15.6. The Morgan fingerprint density at radius 3 is 2.80 bits per heavy atom. The molecule has 1 aliphatic heterocycles. The number of carboxylic acids is 1. The first-order chi connectivity index (χ1) is 9.39. The monoisotopic (exact) mass is 295 g/mol. The van der Waals surface area contributed by atoms with Crippen molar-refractivity contribution in [2.24, 2.45) is 0 Å². The molecule has 0 spiro atoms. The molecular formula is C13H10FNO4S. The Morgan fingerprint density at radius 1 is 1.35 bits per heavy atom. The summed E-state index contributed by atoms with van der Waals surface area (Å²) in [6.07, 6.45) is 0.113. The number of aryl methyl sites for hydroxylation is 1.